The van der Waals surface area contributed by atoms with Gasteiger partial charge in [-0.2, -0.15) is 5.26 Å². The number of nitrogens with one attached hydrogen (secondary N) is 3. The molecule has 9 heteroatoms. The van der Waals surface area contributed by atoms with Crippen molar-refractivity contribution < 1.29 is 13.4 Å². The van der Waals surface area contributed by atoms with Crippen LogP contribution in [0.25, 0.3) is 6.08 Å². The average Bonchev–Trinajstić information content (AvgIpc) is 2.92. The molecule has 7 nitrogen and oxygen atoms in total. The molecule has 2 heterocycles. The van der Waals surface area contributed by atoms with E-state index in [9.17, 15) is 13.4 Å². The summed E-state index contributed by atoms with van der Waals surface area (Å²) in [6.45, 7) is 4.08. The van der Waals surface area contributed by atoms with Crippen LogP contribution >= 0.6 is 0 Å². The van der Waals surface area contributed by atoms with Crippen LogP contribution in [0.2, 0.25) is 0 Å². The number of halogens is 1. The molecule has 152 valence electrons. The fourth-order valence-electron chi connectivity index (χ4n) is 3.33. The molecule has 0 fully saturated rings. The Hall–Kier alpha value is -2.96. The zero-order valence-corrected chi connectivity index (χ0v) is 17.1. The molecule has 1 amide bonds. The summed E-state index contributed by atoms with van der Waals surface area (Å²) >= 11 is 0. The SMILES string of the molecule is CC(C)C[C@H]1C=Cc2c(cn(C)c2C(=O)Nc2ccc(F)c(C#N)c2)S(=N)(=O)N1. The number of aryl methyl sites for hydroxylation is 1. The molecule has 0 bridgehead atoms. The number of aromatic nitrogens is 1. The standard InChI is InChI=1S/C20H22FN5O2S/c1-12(2)8-15-4-6-16-18(29(23,28)25-15)11-26(3)19(16)20(27)24-14-5-7-17(21)13(9-14)10-22/h4-7,9,11-12,15H,8H2,1-3H3,(H,24,27)(H2,23,25,28)/t15-,29?/m1/s1. The minimum absolute atomic E-state index is 0.177. The van der Waals surface area contributed by atoms with Crippen LogP contribution in [0.4, 0.5) is 10.1 Å². The molecule has 2 aromatic rings. The summed E-state index contributed by atoms with van der Waals surface area (Å²) in [4.78, 5) is 13.2. The first-order chi connectivity index (χ1) is 13.6. The highest BCUT2D eigenvalue weighted by Crippen LogP contribution is 2.28. The van der Waals surface area contributed by atoms with E-state index in [1.807, 2.05) is 19.9 Å². The maximum atomic E-state index is 13.5. The Balaban J connectivity index is 1.99. The van der Waals surface area contributed by atoms with Crippen molar-refractivity contribution in [2.75, 3.05) is 5.32 Å². The van der Waals surface area contributed by atoms with Crippen molar-refractivity contribution >= 4 is 27.6 Å². The molecule has 0 saturated heterocycles. The lowest BCUT2D eigenvalue weighted by Crippen LogP contribution is -2.32. The molecule has 1 unspecified atom stereocenters. The number of nitriles is 1. The molecular weight excluding hydrogens is 393 g/mol. The number of nitrogens with zero attached hydrogens (tertiary/aromatic N) is 2. The van der Waals surface area contributed by atoms with E-state index in [1.54, 1.807) is 19.2 Å². The third kappa shape index (κ3) is 4.23. The molecule has 1 aliphatic rings. The summed E-state index contributed by atoms with van der Waals surface area (Å²) in [7, 11) is -1.67. The van der Waals surface area contributed by atoms with Gasteiger partial charge in [0.05, 0.1) is 10.5 Å². The van der Waals surface area contributed by atoms with Gasteiger partial charge in [-0.25, -0.2) is 18.1 Å². The highest BCUT2D eigenvalue weighted by Gasteiger charge is 2.28. The number of amides is 1. The number of benzene rings is 1. The van der Waals surface area contributed by atoms with Gasteiger partial charge in [-0.15, -0.1) is 0 Å². The van der Waals surface area contributed by atoms with E-state index in [0.717, 1.165) is 6.07 Å². The van der Waals surface area contributed by atoms with Crippen LogP contribution in [-0.4, -0.2) is 20.7 Å². The number of carbonyl (C=O) groups is 1. The summed E-state index contributed by atoms with van der Waals surface area (Å²) in [5.41, 5.74) is 0.726. The van der Waals surface area contributed by atoms with Gasteiger partial charge in [0.25, 0.3) is 5.91 Å². The van der Waals surface area contributed by atoms with Crippen molar-refractivity contribution in [3.8, 4) is 6.07 Å². The van der Waals surface area contributed by atoms with Crippen LogP contribution in [-0.2, 0) is 17.0 Å². The Labute approximate surface area is 169 Å². The lowest BCUT2D eigenvalue weighted by atomic mass is 10.0. The first-order valence-electron chi connectivity index (χ1n) is 9.07. The van der Waals surface area contributed by atoms with Gasteiger partial charge in [0.15, 0.2) is 0 Å². The van der Waals surface area contributed by atoms with E-state index in [2.05, 4.69) is 10.0 Å². The first kappa shape index (κ1) is 20.8. The molecule has 1 aliphatic heterocycles. The lowest BCUT2D eigenvalue weighted by molar-refractivity contribution is 0.101. The van der Waals surface area contributed by atoms with Crippen molar-refractivity contribution in [2.24, 2.45) is 13.0 Å². The van der Waals surface area contributed by atoms with Gasteiger partial charge in [0.1, 0.15) is 27.5 Å². The van der Waals surface area contributed by atoms with Crippen molar-refractivity contribution in [1.29, 1.82) is 10.0 Å². The second kappa shape index (κ2) is 7.81. The Kier molecular flexibility index (Phi) is 5.59. The quantitative estimate of drug-likeness (QED) is 0.709. The zero-order chi connectivity index (χ0) is 21.3. The zero-order valence-electron chi connectivity index (χ0n) is 16.3. The van der Waals surface area contributed by atoms with Gasteiger partial charge in [-0.3, -0.25) is 4.79 Å². The second-order valence-electron chi connectivity index (χ2n) is 7.40. The minimum Gasteiger partial charge on any atom is -0.345 e. The van der Waals surface area contributed by atoms with Crippen LogP contribution in [0, 0.1) is 27.8 Å². The van der Waals surface area contributed by atoms with E-state index in [4.69, 9.17) is 10.0 Å². The molecule has 1 aromatic heterocycles. The van der Waals surface area contributed by atoms with E-state index < -0.39 is 21.6 Å². The maximum Gasteiger partial charge on any atom is 0.272 e. The third-order valence-electron chi connectivity index (χ3n) is 4.59. The summed E-state index contributed by atoms with van der Waals surface area (Å²) in [6, 6.07) is 5.20. The van der Waals surface area contributed by atoms with Gasteiger partial charge in [0, 0.05) is 30.5 Å². The number of rotatable bonds is 4. The van der Waals surface area contributed by atoms with Crippen LogP contribution in [0.15, 0.2) is 35.4 Å². The largest absolute Gasteiger partial charge is 0.345 e. The van der Waals surface area contributed by atoms with Gasteiger partial charge in [-0.05, 0) is 30.5 Å². The summed E-state index contributed by atoms with van der Waals surface area (Å²) < 4.78 is 39.2. The number of hydrogen-bond acceptors (Lipinski definition) is 4. The molecule has 3 rings (SSSR count). The molecule has 29 heavy (non-hydrogen) atoms. The van der Waals surface area contributed by atoms with Crippen LogP contribution in [0.1, 0.15) is 41.9 Å². The predicted octanol–water partition coefficient (Wildman–Crippen LogP) is 3.64. The van der Waals surface area contributed by atoms with Crippen molar-refractivity contribution in [3.63, 3.8) is 0 Å². The predicted molar refractivity (Wildman–Crippen MR) is 109 cm³/mol. The van der Waals surface area contributed by atoms with Gasteiger partial charge in [-0.1, -0.05) is 26.0 Å². The number of anilines is 1. The van der Waals surface area contributed by atoms with Crippen LogP contribution < -0.4 is 10.0 Å². The molecule has 2 atom stereocenters. The lowest BCUT2D eigenvalue weighted by Gasteiger charge is -2.17. The van der Waals surface area contributed by atoms with Gasteiger partial charge < -0.3 is 9.88 Å². The van der Waals surface area contributed by atoms with E-state index in [1.165, 1.54) is 22.9 Å². The fraction of sp³-hybridized carbons (Fsp3) is 0.300. The molecule has 0 aliphatic carbocycles. The molecule has 0 radical (unpaired) electrons. The van der Waals surface area contributed by atoms with E-state index in [-0.39, 0.29) is 27.9 Å². The highest BCUT2D eigenvalue weighted by atomic mass is 32.2. The summed E-state index contributed by atoms with van der Waals surface area (Å²) in [6.07, 6.45) is 5.76. The normalized spacial score (nSPS) is 20.8. The molecule has 3 N–H and O–H groups in total. The van der Waals surface area contributed by atoms with Gasteiger partial charge in [0.2, 0.25) is 0 Å². The smallest absolute Gasteiger partial charge is 0.272 e. The Morgan fingerprint density at radius 2 is 2.21 bits per heavy atom. The van der Waals surface area contributed by atoms with E-state index in [0.29, 0.717) is 17.9 Å². The molecular formula is C20H22FN5O2S. The Morgan fingerprint density at radius 3 is 2.86 bits per heavy atom. The number of fused-ring (bicyclic) bond motifs is 1. The number of hydrogen-bond donors (Lipinski definition) is 3. The van der Waals surface area contributed by atoms with Crippen LogP contribution in [0.5, 0.6) is 0 Å². The highest BCUT2D eigenvalue weighted by molar-refractivity contribution is 7.90. The first-order valence-corrected chi connectivity index (χ1v) is 10.6. The second-order valence-corrected chi connectivity index (χ2v) is 9.18. The molecule has 0 spiro atoms. The Bertz CT molecular complexity index is 1140. The van der Waals surface area contributed by atoms with Crippen molar-refractivity contribution in [2.45, 2.75) is 31.2 Å². The molecule has 0 saturated carbocycles. The monoisotopic (exact) mass is 415 g/mol. The average molecular weight is 415 g/mol. The van der Waals surface area contributed by atoms with Gasteiger partial charge >= 0.3 is 0 Å². The fourth-order valence-corrected chi connectivity index (χ4v) is 4.84. The van der Waals surface area contributed by atoms with E-state index >= 15 is 0 Å². The Morgan fingerprint density at radius 1 is 1.48 bits per heavy atom. The van der Waals surface area contributed by atoms with Crippen molar-refractivity contribution in [1.82, 2.24) is 9.29 Å². The maximum absolute atomic E-state index is 13.5. The summed E-state index contributed by atoms with van der Waals surface area (Å²) in [5, 5.41) is 11.6. The third-order valence-corrected chi connectivity index (χ3v) is 6.17. The topological polar surface area (TPSA) is 111 Å². The number of carbonyl (C=O) groups excluding carboxylic acids is 1. The summed E-state index contributed by atoms with van der Waals surface area (Å²) in [5.74, 6) is -0.838. The minimum atomic E-state index is -3.30. The van der Waals surface area contributed by atoms with Crippen molar-refractivity contribution in [3.05, 3.63) is 53.1 Å². The molecule has 1 aromatic carbocycles. The van der Waals surface area contributed by atoms with Crippen LogP contribution in [0.3, 0.4) is 0 Å².